The van der Waals surface area contributed by atoms with Crippen molar-refractivity contribution in [1.82, 2.24) is 9.21 Å². The van der Waals surface area contributed by atoms with Gasteiger partial charge >= 0.3 is 6.03 Å². The van der Waals surface area contributed by atoms with Gasteiger partial charge in [-0.3, -0.25) is 9.69 Å². The summed E-state index contributed by atoms with van der Waals surface area (Å²) in [6.07, 6.45) is 8.66. The molecule has 7 heteroatoms. The molecule has 4 aliphatic carbocycles. The molecule has 4 bridgehead atoms. The molecule has 0 aromatic heterocycles. The SMILES string of the molecule is CC[C@@H](C)C(=O)N1C(=O)N(S(C)(=O)=O)C[C@H]1C12CC3CC(CC(C3)C1)C2. The van der Waals surface area contributed by atoms with Crippen molar-refractivity contribution in [2.24, 2.45) is 29.1 Å². The second-order valence-electron chi connectivity index (χ2n) is 9.39. The summed E-state index contributed by atoms with van der Waals surface area (Å²) in [5.74, 6) is 1.58. The van der Waals surface area contributed by atoms with Gasteiger partial charge in [-0.25, -0.2) is 17.5 Å². The van der Waals surface area contributed by atoms with Crippen LogP contribution in [-0.4, -0.2) is 48.4 Å². The highest BCUT2D eigenvalue weighted by molar-refractivity contribution is 7.88. The Labute approximate surface area is 156 Å². The molecule has 4 saturated carbocycles. The summed E-state index contributed by atoms with van der Waals surface area (Å²) in [6.45, 7) is 3.90. The lowest BCUT2D eigenvalue weighted by molar-refractivity contribution is -0.141. The first kappa shape index (κ1) is 18.3. The second-order valence-corrected chi connectivity index (χ2v) is 11.3. The van der Waals surface area contributed by atoms with E-state index in [9.17, 15) is 18.0 Å². The van der Waals surface area contributed by atoms with Gasteiger partial charge in [0, 0.05) is 5.92 Å². The minimum atomic E-state index is -3.67. The third-order valence-corrected chi connectivity index (χ3v) is 8.64. The van der Waals surface area contributed by atoms with Gasteiger partial charge in [0.05, 0.1) is 18.8 Å². The highest BCUT2D eigenvalue weighted by Crippen LogP contribution is 2.62. The van der Waals surface area contributed by atoms with Crippen molar-refractivity contribution < 1.29 is 18.0 Å². The fourth-order valence-corrected chi connectivity index (χ4v) is 7.34. The predicted octanol–water partition coefficient (Wildman–Crippen LogP) is 2.84. The molecule has 146 valence electrons. The molecule has 26 heavy (non-hydrogen) atoms. The van der Waals surface area contributed by atoms with E-state index in [1.54, 1.807) is 0 Å². The third kappa shape index (κ3) is 2.69. The van der Waals surface area contributed by atoms with Gasteiger partial charge in [0.25, 0.3) is 0 Å². The fourth-order valence-electron chi connectivity index (χ4n) is 6.56. The maximum absolute atomic E-state index is 13.0. The number of nitrogens with zero attached hydrogens (tertiary/aromatic N) is 2. The van der Waals surface area contributed by atoms with E-state index in [-0.39, 0.29) is 29.8 Å². The van der Waals surface area contributed by atoms with Gasteiger partial charge in [-0.2, -0.15) is 0 Å². The first-order valence-electron chi connectivity index (χ1n) is 9.99. The van der Waals surface area contributed by atoms with E-state index in [2.05, 4.69) is 0 Å². The molecule has 1 aliphatic heterocycles. The molecule has 5 rings (SSSR count). The van der Waals surface area contributed by atoms with Crippen LogP contribution in [0.5, 0.6) is 0 Å². The molecule has 0 aromatic rings. The smallest absolute Gasteiger partial charge is 0.274 e. The Bertz CT molecular complexity index is 697. The molecule has 0 spiro atoms. The normalized spacial score (nSPS) is 40.3. The average molecular weight is 383 g/mol. The molecule has 5 fully saturated rings. The predicted molar refractivity (Wildman–Crippen MR) is 97.6 cm³/mol. The van der Waals surface area contributed by atoms with E-state index in [4.69, 9.17) is 0 Å². The van der Waals surface area contributed by atoms with Crippen LogP contribution in [0.15, 0.2) is 0 Å². The molecular weight excluding hydrogens is 352 g/mol. The number of rotatable bonds is 4. The Morgan fingerprint density at radius 2 is 1.65 bits per heavy atom. The fraction of sp³-hybridized carbons (Fsp3) is 0.895. The zero-order valence-electron chi connectivity index (χ0n) is 16.0. The van der Waals surface area contributed by atoms with Crippen LogP contribution in [0.2, 0.25) is 0 Å². The van der Waals surface area contributed by atoms with Gasteiger partial charge in [0.1, 0.15) is 0 Å². The summed E-state index contributed by atoms with van der Waals surface area (Å²) < 4.78 is 25.3. The number of carbonyl (C=O) groups is 2. The Hall–Kier alpha value is -1.11. The number of hydrogen-bond acceptors (Lipinski definition) is 4. The van der Waals surface area contributed by atoms with Crippen molar-refractivity contribution in [1.29, 1.82) is 0 Å². The Morgan fingerprint density at radius 3 is 2.08 bits per heavy atom. The van der Waals surface area contributed by atoms with E-state index < -0.39 is 16.1 Å². The summed E-state index contributed by atoms with van der Waals surface area (Å²) in [5, 5.41) is 0. The summed E-state index contributed by atoms with van der Waals surface area (Å²) in [4.78, 5) is 27.4. The first-order chi connectivity index (χ1) is 12.1. The number of amides is 3. The standard InChI is InChI=1S/C19H30N2O4S/c1-4-12(2)17(22)21-16(11-20(18(21)23)26(3,24)25)19-8-13-5-14(9-19)7-15(6-13)10-19/h12-16H,4-11H2,1-3H3/t12-,13?,14?,15?,16+,19?/m1/s1. The topological polar surface area (TPSA) is 74.8 Å². The van der Waals surface area contributed by atoms with Crippen molar-refractivity contribution in [3.8, 4) is 0 Å². The van der Waals surface area contributed by atoms with Crippen molar-refractivity contribution in [3.05, 3.63) is 0 Å². The number of hydrogen-bond donors (Lipinski definition) is 0. The highest BCUT2D eigenvalue weighted by Gasteiger charge is 2.60. The van der Waals surface area contributed by atoms with Crippen LogP contribution in [0.25, 0.3) is 0 Å². The molecule has 0 aromatic carbocycles. The van der Waals surface area contributed by atoms with Gasteiger partial charge < -0.3 is 0 Å². The van der Waals surface area contributed by atoms with Crippen LogP contribution in [0.1, 0.15) is 58.8 Å². The van der Waals surface area contributed by atoms with Crippen LogP contribution in [0.4, 0.5) is 4.79 Å². The maximum Gasteiger partial charge on any atom is 0.340 e. The lowest BCUT2D eigenvalue weighted by Crippen LogP contribution is -2.58. The number of sulfonamides is 1. The minimum absolute atomic E-state index is 0.0764. The summed E-state index contributed by atoms with van der Waals surface area (Å²) >= 11 is 0. The van der Waals surface area contributed by atoms with Gasteiger partial charge in [-0.15, -0.1) is 0 Å². The molecule has 0 radical (unpaired) electrons. The van der Waals surface area contributed by atoms with E-state index in [0.29, 0.717) is 24.2 Å². The number of carbonyl (C=O) groups excluding carboxylic acids is 2. The number of imide groups is 1. The molecule has 6 nitrogen and oxygen atoms in total. The average Bonchev–Trinajstić information content (AvgIpc) is 2.90. The van der Waals surface area contributed by atoms with Gasteiger partial charge in [-0.05, 0) is 68.1 Å². The van der Waals surface area contributed by atoms with Crippen LogP contribution in [-0.2, 0) is 14.8 Å². The van der Waals surface area contributed by atoms with Gasteiger partial charge in [-0.1, -0.05) is 13.8 Å². The quantitative estimate of drug-likeness (QED) is 0.749. The van der Waals surface area contributed by atoms with Gasteiger partial charge in [0.2, 0.25) is 15.9 Å². The van der Waals surface area contributed by atoms with Crippen LogP contribution < -0.4 is 0 Å². The number of urea groups is 1. The molecular formula is C19H30N2O4S. The zero-order chi connectivity index (χ0) is 18.9. The first-order valence-corrected chi connectivity index (χ1v) is 11.8. The highest BCUT2D eigenvalue weighted by atomic mass is 32.2. The second kappa shape index (κ2) is 5.94. The third-order valence-electron chi connectivity index (χ3n) is 7.53. The van der Waals surface area contributed by atoms with Crippen molar-refractivity contribution in [3.63, 3.8) is 0 Å². The lowest BCUT2D eigenvalue weighted by atomic mass is 9.47. The lowest BCUT2D eigenvalue weighted by Gasteiger charge is -2.59. The monoisotopic (exact) mass is 382 g/mol. The van der Waals surface area contributed by atoms with Crippen LogP contribution in [0, 0.1) is 29.1 Å². The molecule has 5 aliphatic rings. The summed E-state index contributed by atoms with van der Waals surface area (Å²) in [5.41, 5.74) is -0.0764. The van der Waals surface area contributed by atoms with Crippen LogP contribution in [0.3, 0.4) is 0 Å². The molecule has 3 amide bonds. The molecule has 2 atom stereocenters. The van der Waals surface area contributed by atoms with E-state index in [0.717, 1.165) is 29.8 Å². The Balaban J connectivity index is 1.72. The molecule has 1 heterocycles. The largest absolute Gasteiger partial charge is 0.340 e. The Morgan fingerprint density at radius 1 is 1.15 bits per heavy atom. The zero-order valence-corrected chi connectivity index (χ0v) is 16.8. The summed E-state index contributed by atoms with van der Waals surface area (Å²) in [7, 11) is -3.67. The minimum Gasteiger partial charge on any atom is -0.274 e. The Kier molecular flexibility index (Phi) is 4.18. The van der Waals surface area contributed by atoms with Crippen molar-refractivity contribution in [2.75, 3.05) is 12.8 Å². The van der Waals surface area contributed by atoms with E-state index in [1.807, 2.05) is 13.8 Å². The van der Waals surface area contributed by atoms with E-state index in [1.165, 1.54) is 24.2 Å². The van der Waals surface area contributed by atoms with E-state index >= 15 is 0 Å². The molecule has 0 N–H and O–H groups in total. The summed E-state index contributed by atoms with van der Waals surface area (Å²) in [6, 6.07) is -0.918. The van der Waals surface area contributed by atoms with Crippen molar-refractivity contribution in [2.45, 2.75) is 64.8 Å². The molecule has 1 saturated heterocycles. The van der Waals surface area contributed by atoms with Crippen LogP contribution >= 0.6 is 0 Å². The van der Waals surface area contributed by atoms with Crippen molar-refractivity contribution >= 4 is 22.0 Å². The maximum atomic E-state index is 13.0. The van der Waals surface area contributed by atoms with Gasteiger partial charge in [0.15, 0.2) is 0 Å². The molecule has 0 unspecified atom stereocenters.